The van der Waals surface area contributed by atoms with E-state index in [9.17, 15) is 75.1 Å². The second-order valence-electron chi connectivity index (χ2n) is 35.4. The van der Waals surface area contributed by atoms with E-state index in [1.54, 1.807) is 75.1 Å². The van der Waals surface area contributed by atoms with E-state index in [1.165, 1.54) is 68.3 Å². The van der Waals surface area contributed by atoms with Gasteiger partial charge >= 0.3 is 0 Å². The number of hydrogen-bond acceptors (Lipinski definition) is 46. The molecule has 0 spiro atoms. The van der Waals surface area contributed by atoms with Gasteiger partial charge in [-0.05, 0) is 79.8 Å². The van der Waals surface area contributed by atoms with Crippen molar-refractivity contribution in [2.24, 2.45) is 11.7 Å². The van der Waals surface area contributed by atoms with Crippen molar-refractivity contribution >= 4 is 154 Å². The molecular weight excluding hydrogens is 2140 g/mol. The number of halogens is 2. The van der Waals surface area contributed by atoms with E-state index in [1.807, 2.05) is 10.7 Å². The van der Waals surface area contributed by atoms with E-state index in [-0.39, 0.29) is 112 Å². The van der Waals surface area contributed by atoms with E-state index >= 15 is 0 Å². The van der Waals surface area contributed by atoms with Gasteiger partial charge in [0, 0.05) is 201 Å². The summed E-state index contributed by atoms with van der Waals surface area (Å²) in [6.07, 6.45) is -7.19. The first-order valence-corrected chi connectivity index (χ1v) is 62.3. The Bertz CT molecular complexity index is 3890. The Labute approximate surface area is 903 Å². The number of carbonyl (C=O) groups excluding carboxylic acids is 2. The second kappa shape index (κ2) is 77.5. The standard InChI is InChI=1S/C10H21BNO6P.C10H20BO7P.C9H15BO2.C8H18BN2O3P.C8H15BN2O2.C8H16BO6P.C8H15BO3.2C7H13BFO5P.C7H14BO4PS/c1-15-6-7-8(18-19(2,13)14)9(10(11)17-7)16-5-3-4-12;1-14-4-5-16-9-8(18-19(3,12)13)7(6-15-2)17-10(9)11;1-11-6-7-3-4-8(10)5-9(7)12-2;1-10(2)15(4,12)11-5-7(9)14-8(6-11)13-3;1-7(12)6-11(4-3-10-2)8(13)5-9;1-12-4-5-6(15-16(3,10)11)7(13-2)8(9)14-5;1-10-5-8-7(11-2)3-6(9)4-12-8;2*1-12-3-4-6(14-15(2,10)11)5(9)7(8)13-4;1-10-4-6-5(3-7(8)11-6)12-13(2,9)14/h7-10H,3-6,12H2,1-2H3,(H,13,14);7-10H,4-6H2,1-3H3,(H,12,13);3-4,7-9H,5-6H2,1-2H3;7-8H,5-6H2,1-4H3;10H,3-6H2,1-2H3;5-8H,4H2,1-3H3,(H,10,11);6-8H,3-5H2,1-2H3;2*4-7H,3H2,1-2H3,(H,10,11);5-7H,3-4H2,1-2H3,(H,9,14)/p-6/t2*7-,8?,9+,10-;7?,8-,9?;;;5-,6?,7+,8-;6-,7?,8?;4-,5+,6?,7-;4-,5-,6?,7-;5?,6-,7-,13?/m110..11111/s1. The predicted octanol–water partition coefficient (Wildman–Crippen LogP) is -3.51. The van der Waals surface area contributed by atoms with Crippen molar-refractivity contribution in [2.45, 2.75) is 221 Å². The summed E-state index contributed by atoms with van der Waals surface area (Å²) in [4.78, 5) is 90.2. The number of hydrogen-bond donors (Lipinski definition) is 2. The first-order chi connectivity index (χ1) is 69.8. The van der Waals surface area contributed by atoms with Gasteiger partial charge in [0.25, 0.3) is 0 Å². The lowest BCUT2D eigenvalue weighted by atomic mass is 9.75. The number of Topliss-reactive ketones (excluding diaryl/α,β-unsaturated/α-hetero) is 1. The number of morpholine rings is 1. The number of likely N-dealkylation sites (N-methyl/N-ethyl adjacent to an activating group) is 1. The van der Waals surface area contributed by atoms with Gasteiger partial charge in [0.05, 0.1) is 133 Å². The second-order valence-corrected chi connectivity index (χ2v) is 50.9. The van der Waals surface area contributed by atoms with Crippen LogP contribution in [0.15, 0.2) is 12.2 Å². The summed E-state index contributed by atoms with van der Waals surface area (Å²) in [7, 11) is 58.9. The molecule has 1 amide bonds. The van der Waals surface area contributed by atoms with Gasteiger partial charge in [0.1, 0.15) is 203 Å². The molecule has 9 aliphatic rings. The molecule has 48 nitrogen and oxygen atoms in total. The Morgan fingerprint density at radius 1 is 0.453 bits per heavy atom. The van der Waals surface area contributed by atoms with Crippen LogP contribution in [0.1, 0.15) is 32.6 Å². The largest absolute Gasteiger partial charge is 0.801 e. The maximum absolute atomic E-state index is 13.4. The zero-order chi connectivity index (χ0) is 115. The highest BCUT2D eigenvalue weighted by atomic mass is 32.5. The molecule has 150 heavy (non-hydrogen) atoms. The highest BCUT2D eigenvalue weighted by molar-refractivity contribution is 8.08. The highest BCUT2D eigenvalue weighted by Crippen LogP contribution is 2.50. The van der Waals surface area contributed by atoms with Crippen molar-refractivity contribution in [3.63, 3.8) is 0 Å². The molecular formula is C82H154B10F2N5O43P7S-6. The summed E-state index contributed by atoms with van der Waals surface area (Å²) >= 11 is 4.69. The zero-order valence-electron chi connectivity index (χ0n) is 90.4. The van der Waals surface area contributed by atoms with Gasteiger partial charge in [-0.15, -0.1) is 0 Å². The van der Waals surface area contributed by atoms with Crippen LogP contribution in [0.25, 0.3) is 0 Å². The van der Waals surface area contributed by atoms with Crippen molar-refractivity contribution in [1.29, 1.82) is 0 Å². The van der Waals surface area contributed by atoms with Crippen molar-refractivity contribution in [3.8, 4) is 0 Å². The summed E-state index contributed by atoms with van der Waals surface area (Å²) in [6, 6.07) is -5.44. The minimum absolute atomic E-state index is 0.0266. The third kappa shape index (κ3) is 61.4. The van der Waals surface area contributed by atoms with Crippen LogP contribution in [0.4, 0.5) is 8.78 Å². The predicted molar refractivity (Wildman–Crippen MR) is 553 cm³/mol. The molecule has 19 unspecified atom stereocenters. The van der Waals surface area contributed by atoms with Crippen LogP contribution >= 0.6 is 51.9 Å². The normalized spacial score (nSPS) is 34.2. The Balaban J connectivity index is 0.00000165. The van der Waals surface area contributed by atoms with Gasteiger partial charge in [-0.1, -0.05) is 35.6 Å². The molecule has 68 heteroatoms. The molecule has 9 rings (SSSR count). The summed E-state index contributed by atoms with van der Waals surface area (Å²) in [5.41, 5.74) is 5.37. The number of carbonyl (C=O) groups is 2. The number of ketones is 1. The van der Waals surface area contributed by atoms with Crippen LogP contribution < -0.4 is 40.4 Å². The van der Waals surface area contributed by atoms with Crippen LogP contribution in [0.2, 0.25) is 18.0 Å². The average molecular weight is 2290 g/mol. The fraction of sp³-hybridized carbons (Fsp3) is 0.951. The van der Waals surface area contributed by atoms with Crippen molar-refractivity contribution in [1.82, 2.24) is 19.6 Å². The van der Waals surface area contributed by atoms with Gasteiger partial charge in [-0.25, -0.2) is 18.1 Å². The summed E-state index contributed by atoms with van der Waals surface area (Å²) in [6.45, 7) is 13.0. The molecule has 3 N–H and O–H groups in total. The average Bonchev–Trinajstić information content (AvgIpc) is 1.60. The van der Waals surface area contributed by atoms with Crippen LogP contribution in [0, 0.1) is 5.92 Å². The molecule has 0 aromatic heterocycles. The summed E-state index contributed by atoms with van der Waals surface area (Å²) in [5, 5.41) is 2.90. The minimum Gasteiger partial charge on any atom is -0.801 e. The van der Waals surface area contributed by atoms with E-state index in [0.717, 1.165) is 46.2 Å². The number of rotatable bonds is 48. The molecule has 0 bridgehead atoms. The topological polar surface area (TPSA) is 590 Å². The number of ether oxygens (including phenoxy) is 23. The minimum atomic E-state index is -4.02. The Kier molecular flexibility index (Phi) is 77.5. The highest BCUT2D eigenvalue weighted by Gasteiger charge is 2.50. The molecule has 1 aliphatic carbocycles. The number of nitrogens with two attached hydrogens (primary N) is 1. The van der Waals surface area contributed by atoms with Gasteiger partial charge in [0.15, 0.2) is 6.29 Å². The summed E-state index contributed by atoms with van der Waals surface area (Å²) in [5.74, 6) is 0.384. The molecule has 8 heterocycles. The molecule has 856 valence electrons. The van der Waals surface area contributed by atoms with E-state index in [0.29, 0.717) is 91.1 Å². The van der Waals surface area contributed by atoms with Gasteiger partial charge in [-0.2, -0.15) is 0 Å². The Morgan fingerprint density at radius 2 is 0.847 bits per heavy atom. The number of nitrogens with one attached hydrogen (secondary N) is 1. The lowest BCUT2D eigenvalue weighted by molar-refractivity contribution is -0.206. The van der Waals surface area contributed by atoms with Gasteiger partial charge in [-0.3, -0.25) is 14.2 Å². The van der Waals surface area contributed by atoms with Crippen LogP contribution in [0.3, 0.4) is 0 Å². The van der Waals surface area contributed by atoms with Crippen molar-refractivity contribution < 1.29 is 211 Å². The maximum Gasteiger partial charge on any atom is 0.214 e. The van der Waals surface area contributed by atoms with Crippen LogP contribution in [-0.2, 0) is 185 Å². The quantitative estimate of drug-likeness (QED) is 0.0258. The maximum atomic E-state index is 13.4. The van der Waals surface area contributed by atoms with E-state index in [2.05, 4.69) is 20.4 Å². The molecule has 8 saturated heterocycles. The first kappa shape index (κ1) is 150. The van der Waals surface area contributed by atoms with E-state index in [4.69, 9.17) is 223 Å². The van der Waals surface area contributed by atoms with Crippen LogP contribution in [-0.4, -0.2) is 554 Å². The fourth-order valence-electron chi connectivity index (χ4n) is 15.0. The molecule has 0 aromatic rings. The SMILES string of the molecule is [B]C1CN(P(C)(=O)N(C)C)CC(OC)O1.[B]CC(=O)N(CCNC)CC(C)=O.[B][C@@H]1O[C@H](COC)C(OP(C)(=O)[O-])[C@@H]1F.[B][C@@H]1O[C@H](COC)C(OP(C)(=O)[O-])[C@@H]1OC.[B][C@@H]1O[C@H](COC)C(OP(C)(=O)[O-])[C@@H]1OCCCN.[B][C@@H]1O[C@H](COC)C(OP(C)(=O)[O-])[C@@H]1OCCOC.[B][C@@H]1O[C@H](COC)C(OP(C)(=O)[O-])[C@H]1F.[B][C@H]1C=CC(COC)C(OC)C1.[B][C@H]1CC(OP(C)([O-])=S)[C@@H](COC)O1.[B][C@H]1COC(COC)C(OC)C1. The van der Waals surface area contributed by atoms with Gasteiger partial charge < -0.3 is 204 Å². The number of alkyl halides is 2. The zero-order valence-corrected chi connectivity index (χ0v) is 97.4. The fourth-order valence-corrected chi connectivity index (χ4v) is 20.9. The first-order valence-electron chi connectivity index (χ1n) is 47.2. The summed E-state index contributed by atoms with van der Waals surface area (Å²) < 4.78 is 246. The molecule has 20 radical (unpaired) electrons. The number of nitrogens with zero attached hydrogens (tertiary/aromatic N) is 3. The number of allylic oxidation sites excluding steroid dienone is 1. The Morgan fingerprint density at radius 3 is 1.21 bits per heavy atom. The number of amides is 1. The Hall–Kier alpha value is -0.141. The molecule has 8 aliphatic heterocycles. The third-order valence-corrected chi connectivity index (χ3v) is 28.8. The lowest BCUT2D eigenvalue weighted by Gasteiger charge is -2.41. The molecule has 38 atom stereocenters. The number of methoxy groups -OCH3 is 13. The van der Waals surface area contributed by atoms with Crippen molar-refractivity contribution in [2.75, 3.05) is 279 Å². The molecule has 0 saturated carbocycles. The van der Waals surface area contributed by atoms with Gasteiger partial charge in [0.2, 0.25) is 13.4 Å². The smallest absolute Gasteiger partial charge is 0.214 e. The van der Waals surface area contributed by atoms with Crippen molar-refractivity contribution in [3.05, 3.63) is 12.2 Å². The van der Waals surface area contributed by atoms with E-state index < -0.39 is 186 Å². The monoisotopic (exact) mass is 2290 g/mol. The third-order valence-electron chi connectivity index (χ3n) is 21.9. The van der Waals surface area contributed by atoms with Crippen LogP contribution in [0.5, 0.6) is 0 Å². The molecule has 0 aromatic carbocycles. The lowest BCUT2D eigenvalue weighted by Crippen LogP contribution is -2.48. The molecule has 8 fully saturated rings.